The van der Waals surface area contributed by atoms with E-state index in [0.29, 0.717) is 18.5 Å². The molecule has 1 aliphatic carbocycles. The molecule has 76 valence electrons. The van der Waals surface area contributed by atoms with Crippen LogP contribution in [-0.2, 0) is 0 Å². The molecule has 2 rings (SSSR count). The van der Waals surface area contributed by atoms with E-state index < -0.39 is 17.8 Å². The summed E-state index contributed by atoms with van der Waals surface area (Å²) in [5.74, 6) is -1.30. The van der Waals surface area contributed by atoms with Crippen molar-refractivity contribution in [1.29, 1.82) is 0 Å². The molecular formula is C10H10F3N. The van der Waals surface area contributed by atoms with Crippen molar-refractivity contribution in [2.45, 2.75) is 25.1 Å². The molecule has 0 spiro atoms. The summed E-state index contributed by atoms with van der Waals surface area (Å²) < 4.78 is 38.3. The molecule has 0 aromatic heterocycles. The molecule has 1 nitrogen and oxygen atoms in total. The van der Waals surface area contributed by atoms with Crippen LogP contribution in [0.5, 0.6) is 0 Å². The smallest absolute Gasteiger partial charge is 0.128 e. The largest absolute Gasteiger partial charge is 0.379 e. The van der Waals surface area contributed by atoms with E-state index in [4.69, 9.17) is 0 Å². The van der Waals surface area contributed by atoms with E-state index in [9.17, 15) is 13.2 Å². The Morgan fingerprint density at radius 2 is 1.71 bits per heavy atom. The summed E-state index contributed by atoms with van der Waals surface area (Å²) in [5.41, 5.74) is 0.301. The zero-order chi connectivity index (χ0) is 10.1. The van der Waals surface area contributed by atoms with Crippen LogP contribution in [0.2, 0.25) is 0 Å². The zero-order valence-electron chi connectivity index (χ0n) is 7.43. The van der Waals surface area contributed by atoms with Gasteiger partial charge in [0.05, 0.1) is 6.04 Å². The minimum atomic E-state index is -0.902. The molecule has 0 amide bonds. The highest BCUT2D eigenvalue weighted by molar-refractivity contribution is 5.45. The molecule has 14 heavy (non-hydrogen) atoms. The minimum absolute atomic E-state index is 0.295. The molecule has 2 atom stereocenters. The van der Waals surface area contributed by atoms with E-state index in [-0.39, 0.29) is 6.04 Å². The average molecular weight is 201 g/mol. The summed E-state index contributed by atoms with van der Waals surface area (Å²) in [4.78, 5) is 0. The fourth-order valence-corrected chi connectivity index (χ4v) is 1.47. The minimum Gasteiger partial charge on any atom is -0.379 e. The molecule has 4 heteroatoms. The molecule has 1 fully saturated rings. The number of hydrogen-bond donors (Lipinski definition) is 1. The van der Waals surface area contributed by atoms with Crippen molar-refractivity contribution in [2.75, 3.05) is 5.32 Å². The third-order valence-corrected chi connectivity index (χ3v) is 2.40. The first kappa shape index (κ1) is 9.37. The molecule has 0 saturated heterocycles. The van der Waals surface area contributed by atoms with Gasteiger partial charge in [0.25, 0.3) is 0 Å². The quantitative estimate of drug-likeness (QED) is 0.775. The topological polar surface area (TPSA) is 12.0 Å². The number of alkyl halides is 1. The Bertz CT molecular complexity index is 320. The summed E-state index contributed by atoms with van der Waals surface area (Å²) in [6.45, 7) is 0. The summed E-state index contributed by atoms with van der Waals surface area (Å²) in [6.07, 6.45) is 0.329. The van der Waals surface area contributed by atoms with Gasteiger partial charge in [0.1, 0.15) is 17.8 Å². The lowest BCUT2D eigenvalue weighted by molar-refractivity contribution is 0.186. The molecule has 0 aliphatic heterocycles. The van der Waals surface area contributed by atoms with Crippen LogP contribution >= 0.6 is 0 Å². The van der Waals surface area contributed by atoms with Crippen molar-refractivity contribution in [3.63, 3.8) is 0 Å². The van der Waals surface area contributed by atoms with Gasteiger partial charge in [-0.05, 0) is 25.0 Å². The summed E-state index contributed by atoms with van der Waals surface area (Å²) in [5, 5.41) is 2.75. The molecule has 0 bridgehead atoms. The van der Waals surface area contributed by atoms with Gasteiger partial charge in [-0.2, -0.15) is 0 Å². The van der Waals surface area contributed by atoms with Crippen LogP contribution in [0.1, 0.15) is 12.8 Å². The Balaban J connectivity index is 2.08. The van der Waals surface area contributed by atoms with Crippen LogP contribution < -0.4 is 5.32 Å². The zero-order valence-corrected chi connectivity index (χ0v) is 7.43. The third kappa shape index (κ3) is 1.84. The molecule has 1 aliphatic rings. The van der Waals surface area contributed by atoms with Crippen molar-refractivity contribution in [3.05, 3.63) is 29.8 Å². The number of benzene rings is 1. The van der Waals surface area contributed by atoms with Crippen LogP contribution in [0.15, 0.2) is 18.2 Å². The first-order valence-electron chi connectivity index (χ1n) is 4.52. The number of hydrogen-bond acceptors (Lipinski definition) is 1. The monoisotopic (exact) mass is 201 g/mol. The first-order chi connectivity index (χ1) is 6.65. The second kappa shape index (κ2) is 3.52. The van der Waals surface area contributed by atoms with Crippen LogP contribution in [0.3, 0.4) is 0 Å². The number of anilines is 1. The Morgan fingerprint density at radius 1 is 1.07 bits per heavy atom. The van der Waals surface area contributed by atoms with Gasteiger partial charge in [0, 0.05) is 11.8 Å². The van der Waals surface area contributed by atoms with Crippen molar-refractivity contribution in [3.8, 4) is 0 Å². The van der Waals surface area contributed by atoms with Crippen molar-refractivity contribution >= 4 is 5.69 Å². The summed E-state index contributed by atoms with van der Waals surface area (Å²) in [7, 11) is 0. The van der Waals surface area contributed by atoms with E-state index in [0.717, 1.165) is 18.2 Å². The molecule has 1 aromatic carbocycles. The third-order valence-electron chi connectivity index (χ3n) is 2.40. The summed E-state index contributed by atoms with van der Waals surface area (Å²) in [6, 6.07) is 2.82. The fraction of sp³-hybridized carbons (Fsp3) is 0.400. The Kier molecular flexibility index (Phi) is 2.35. The SMILES string of the molecule is Fc1cc(F)cc(NC2CCC2F)c1. The standard InChI is InChI=1S/C10H10F3N/c11-6-3-7(12)5-8(4-6)14-10-2-1-9(10)13/h3-5,9-10,14H,1-2H2. The van der Waals surface area contributed by atoms with Crippen LogP contribution in [-0.4, -0.2) is 12.2 Å². The Labute approximate surface area is 79.9 Å². The van der Waals surface area contributed by atoms with Crippen LogP contribution in [0, 0.1) is 11.6 Å². The maximum Gasteiger partial charge on any atom is 0.128 e. The first-order valence-corrected chi connectivity index (χ1v) is 4.52. The highest BCUT2D eigenvalue weighted by Gasteiger charge is 2.30. The Hall–Kier alpha value is -1.19. The molecule has 1 N–H and O–H groups in total. The maximum absolute atomic E-state index is 12.8. The van der Waals surface area contributed by atoms with Crippen molar-refractivity contribution in [2.24, 2.45) is 0 Å². The van der Waals surface area contributed by atoms with E-state index in [2.05, 4.69) is 5.32 Å². The molecule has 1 aromatic rings. The highest BCUT2D eigenvalue weighted by atomic mass is 19.1. The molecular weight excluding hydrogens is 191 g/mol. The number of halogens is 3. The van der Waals surface area contributed by atoms with E-state index in [1.165, 1.54) is 0 Å². The van der Waals surface area contributed by atoms with Crippen molar-refractivity contribution in [1.82, 2.24) is 0 Å². The lowest BCUT2D eigenvalue weighted by atomic mass is 9.90. The summed E-state index contributed by atoms with van der Waals surface area (Å²) >= 11 is 0. The fourth-order valence-electron chi connectivity index (χ4n) is 1.47. The van der Waals surface area contributed by atoms with Gasteiger partial charge >= 0.3 is 0 Å². The van der Waals surface area contributed by atoms with Crippen LogP contribution in [0.25, 0.3) is 0 Å². The van der Waals surface area contributed by atoms with Gasteiger partial charge in [0.15, 0.2) is 0 Å². The van der Waals surface area contributed by atoms with Gasteiger partial charge < -0.3 is 5.32 Å². The van der Waals surface area contributed by atoms with E-state index in [1.54, 1.807) is 0 Å². The van der Waals surface area contributed by atoms with Gasteiger partial charge in [0.2, 0.25) is 0 Å². The number of rotatable bonds is 2. The number of nitrogens with one attached hydrogen (secondary N) is 1. The molecule has 1 saturated carbocycles. The highest BCUT2D eigenvalue weighted by Crippen LogP contribution is 2.27. The van der Waals surface area contributed by atoms with E-state index >= 15 is 0 Å². The molecule has 2 unspecified atom stereocenters. The van der Waals surface area contributed by atoms with Gasteiger partial charge in [-0.3, -0.25) is 0 Å². The van der Waals surface area contributed by atoms with Crippen LogP contribution in [0.4, 0.5) is 18.9 Å². The lowest BCUT2D eigenvalue weighted by Crippen LogP contribution is -2.39. The second-order valence-corrected chi connectivity index (χ2v) is 3.50. The normalized spacial score (nSPS) is 25.6. The van der Waals surface area contributed by atoms with Gasteiger partial charge in [-0.15, -0.1) is 0 Å². The van der Waals surface area contributed by atoms with E-state index in [1.807, 2.05) is 0 Å². The molecule has 0 heterocycles. The second-order valence-electron chi connectivity index (χ2n) is 3.50. The maximum atomic E-state index is 12.8. The van der Waals surface area contributed by atoms with Crippen molar-refractivity contribution < 1.29 is 13.2 Å². The predicted molar refractivity (Wildman–Crippen MR) is 47.9 cm³/mol. The predicted octanol–water partition coefficient (Wildman–Crippen LogP) is 2.88. The average Bonchev–Trinajstić information content (AvgIpc) is 2.10. The van der Waals surface area contributed by atoms with Gasteiger partial charge in [-0.25, -0.2) is 13.2 Å². The Morgan fingerprint density at radius 3 is 2.14 bits per heavy atom. The lowest BCUT2D eigenvalue weighted by Gasteiger charge is -2.31. The van der Waals surface area contributed by atoms with Gasteiger partial charge in [-0.1, -0.05) is 0 Å². The molecule has 0 radical (unpaired) electrons.